The molecule has 0 fully saturated rings. The van der Waals surface area contributed by atoms with Crippen LogP contribution in [-0.4, -0.2) is 6.54 Å². The van der Waals surface area contributed by atoms with E-state index in [0.29, 0.717) is 6.54 Å². The third-order valence-electron chi connectivity index (χ3n) is 2.47. The van der Waals surface area contributed by atoms with E-state index in [1.165, 1.54) is 10.4 Å². The maximum absolute atomic E-state index is 5.55. The highest BCUT2D eigenvalue weighted by atomic mass is 32.1. The fourth-order valence-electron chi connectivity index (χ4n) is 1.54. The molecule has 0 saturated heterocycles. The Morgan fingerprint density at radius 3 is 2.56 bits per heavy atom. The van der Waals surface area contributed by atoms with Crippen LogP contribution in [0.3, 0.4) is 0 Å². The second-order valence-corrected chi connectivity index (χ2v) is 4.69. The summed E-state index contributed by atoms with van der Waals surface area (Å²) in [6, 6.07) is 12.5. The van der Waals surface area contributed by atoms with Gasteiger partial charge in [-0.3, -0.25) is 0 Å². The topological polar surface area (TPSA) is 38.0 Å². The molecule has 16 heavy (non-hydrogen) atoms. The van der Waals surface area contributed by atoms with Crippen LogP contribution in [0.1, 0.15) is 10.4 Å². The van der Waals surface area contributed by atoms with Gasteiger partial charge in [0.1, 0.15) is 0 Å². The van der Waals surface area contributed by atoms with Crippen LogP contribution >= 0.6 is 11.3 Å². The molecule has 0 atom stereocenters. The lowest BCUT2D eigenvalue weighted by molar-refractivity contribution is 1.04. The highest BCUT2D eigenvalue weighted by molar-refractivity contribution is 7.09. The molecular formula is C13H16N2S. The van der Waals surface area contributed by atoms with Crippen molar-refractivity contribution in [1.29, 1.82) is 0 Å². The quantitative estimate of drug-likeness (QED) is 0.832. The van der Waals surface area contributed by atoms with Gasteiger partial charge in [-0.15, -0.1) is 11.3 Å². The van der Waals surface area contributed by atoms with Gasteiger partial charge >= 0.3 is 0 Å². The van der Waals surface area contributed by atoms with Crippen molar-refractivity contribution in [1.82, 2.24) is 0 Å². The summed E-state index contributed by atoms with van der Waals surface area (Å²) in [4.78, 5) is 1.42. The van der Waals surface area contributed by atoms with E-state index in [1.807, 2.05) is 11.3 Å². The van der Waals surface area contributed by atoms with Crippen LogP contribution in [0.2, 0.25) is 0 Å². The SMILES string of the molecule is NCc1ccc(NCCc2cccs2)cc1. The van der Waals surface area contributed by atoms with Crippen molar-refractivity contribution in [3.63, 3.8) is 0 Å². The zero-order valence-corrected chi connectivity index (χ0v) is 9.96. The first-order valence-corrected chi connectivity index (χ1v) is 6.32. The summed E-state index contributed by atoms with van der Waals surface area (Å²) in [5.74, 6) is 0. The maximum atomic E-state index is 5.55. The average molecular weight is 232 g/mol. The molecule has 1 aromatic carbocycles. The summed E-state index contributed by atoms with van der Waals surface area (Å²) < 4.78 is 0. The molecule has 2 nitrogen and oxygen atoms in total. The molecule has 0 radical (unpaired) electrons. The molecule has 0 amide bonds. The molecule has 0 saturated carbocycles. The third kappa shape index (κ3) is 3.08. The summed E-state index contributed by atoms with van der Waals surface area (Å²) in [6.45, 7) is 1.58. The fourth-order valence-corrected chi connectivity index (χ4v) is 2.25. The van der Waals surface area contributed by atoms with Crippen molar-refractivity contribution < 1.29 is 0 Å². The van der Waals surface area contributed by atoms with Gasteiger partial charge < -0.3 is 11.1 Å². The first-order chi connectivity index (χ1) is 7.88. The highest BCUT2D eigenvalue weighted by Crippen LogP contribution is 2.11. The van der Waals surface area contributed by atoms with Crippen molar-refractivity contribution >= 4 is 17.0 Å². The van der Waals surface area contributed by atoms with Crippen LogP contribution in [0.25, 0.3) is 0 Å². The molecule has 1 aromatic heterocycles. The zero-order valence-electron chi connectivity index (χ0n) is 9.15. The molecule has 3 N–H and O–H groups in total. The largest absolute Gasteiger partial charge is 0.385 e. The van der Waals surface area contributed by atoms with Gasteiger partial charge in [-0.25, -0.2) is 0 Å². The van der Waals surface area contributed by atoms with Crippen molar-refractivity contribution in [3.05, 3.63) is 52.2 Å². The minimum absolute atomic E-state index is 0.607. The van der Waals surface area contributed by atoms with Gasteiger partial charge in [-0.1, -0.05) is 18.2 Å². The summed E-state index contributed by atoms with van der Waals surface area (Å²) in [5, 5.41) is 5.52. The lowest BCUT2D eigenvalue weighted by Crippen LogP contribution is -2.04. The molecule has 0 aliphatic carbocycles. The summed E-state index contributed by atoms with van der Waals surface area (Å²) >= 11 is 1.81. The molecule has 0 aliphatic heterocycles. The van der Waals surface area contributed by atoms with Gasteiger partial charge in [0, 0.05) is 23.7 Å². The Labute approximate surface area is 100 Å². The van der Waals surface area contributed by atoms with Gasteiger partial charge in [-0.2, -0.15) is 0 Å². The monoisotopic (exact) mass is 232 g/mol. The van der Waals surface area contributed by atoms with E-state index in [1.54, 1.807) is 0 Å². The predicted octanol–water partition coefficient (Wildman–Crippen LogP) is 2.86. The number of hydrogen-bond acceptors (Lipinski definition) is 3. The number of nitrogens with one attached hydrogen (secondary N) is 1. The van der Waals surface area contributed by atoms with Crippen LogP contribution in [0.5, 0.6) is 0 Å². The van der Waals surface area contributed by atoms with Crippen LogP contribution in [-0.2, 0) is 13.0 Å². The Kier molecular flexibility index (Phi) is 3.97. The Balaban J connectivity index is 1.81. The van der Waals surface area contributed by atoms with Crippen LogP contribution in [0.15, 0.2) is 41.8 Å². The molecule has 84 valence electrons. The number of nitrogens with two attached hydrogens (primary N) is 1. The van der Waals surface area contributed by atoms with Gasteiger partial charge in [0.05, 0.1) is 0 Å². The second kappa shape index (κ2) is 5.68. The van der Waals surface area contributed by atoms with Crippen molar-refractivity contribution in [2.24, 2.45) is 5.73 Å². The second-order valence-electron chi connectivity index (χ2n) is 3.66. The standard InChI is InChI=1S/C13H16N2S/c14-10-11-3-5-12(6-4-11)15-8-7-13-2-1-9-16-13/h1-6,9,15H,7-8,10,14H2. The van der Waals surface area contributed by atoms with Gasteiger partial charge in [0.25, 0.3) is 0 Å². The minimum atomic E-state index is 0.607. The van der Waals surface area contributed by atoms with E-state index < -0.39 is 0 Å². The molecule has 0 aliphatic rings. The molecule has 0 bridgehead atoms. The van der Waals surface area contributed by atoms with E-state index >= 15 is 0 Å². The van der Waals surface area contributed by atoms with Crippen molar-refractivity contribution in [3.8, 4) is 0 Å². The normalized spacial score (nSPS) is 10.3. The number of benzene rings is 1. The van der Waals surface area contributed by atoms with E-state index in [2.05, 4.69) is 47.1 Å². The summed E-state index contributed by atoms with van der Waals surface area (Å²) in [7, 11) is 0. The lowest BCUT2D eigenvalue weighted by Gasteiger charge is -2.06. The summed E-state index contributed by atoms with van der Waals surface area (Å²) in [6.07, 6.45) is 1.08. The minimum Gasteiger partial charge on any atom is -0.385 e. The maximum Gasteiger partial charge on any atom is 0.0340 e. The molecule has 1 heterocycles. The molecule has 3 heteroatoms. The molecule has 2 aromatic rings. The smallest absolute Gasteiger partial charge is 0.0340 e. The van der Waals surface area contributed by atoms with E-state index in [0.717, 1.165) is 18.7 Å². The third-order valence-corrected chi connectivity index (χ3v) is 3.41. The Morgan fingerprint density at radius 1 is 1.12 bits per heavy atom. The molecular weight excluding hydrogens is 216 g/mol. The van der Waals surface area contributed by atoms with Gasteiger partial charge in [-0.05, 0) is 35.6 Å². The van der Waals surface area contributed by atoms with Crippen LogP contribution in [0.4, 0.5) is 5.69 Å². The van der Waals surface area contributed by atoms with Crippen molar-refractivity contribution in [2.75, 3.05) is 11.9 Å². The Hall–Kier alpha value is -1.32. The number of rotatable bonds is 5. The predicted molar refractivity (Wildman–Crippen MR) is 70.8 cm³/mol. The zero-order chi connectivity index (χ0) is 11.2. The molecule has 0 spiro atoms. The summed E-state index contributed by atoms with van der Waals surface area (Å²) in [5.41, 5.74) is 7.88. The number of hydrogen-bond donors (Lipinski definition) is 2. The van der Waals surface area contributed by atoms with Crippen LogP contribution < -0.4 is 11.1 Å². The van der Waals surface area contributed by atoms with E-state index in [4.69, 9.17) is 5.73 Å². The number of anilines is 1. The highest BCUT2D eigenvalue weighted by Gasteiger charge is 1.95. The van der Waals surface area contributed by atoms with Crippen molar-refractivity contribution in [2.45, 2.75) is 13.0 Å². The van der Waals surface area contributed by atoms with E-state index in [-0.39, 0.29) is 0 Å². The number of thiophene rings is 1. The Bertz CT molecular complexity index is 406. The first kappa shape index (κ1) is 11.2. The fraction of sp³-hybridized carbons (Fsp3) is 0.231. The molecule has 0 unspecified atom stereocenters. The van der Waals surface area contributed by atoms with Gasteiger partial charge in [0.15, 0.2) is 0 Å². The average Bonchev–Trinajstić information content (AvgIpc) is 2.83. The Morgan fingerprint density at radius 2 is 1.94 bits per heavy atom. The van der Waals surface area contributed by atoms with Gasteiger partial charge in [0.2, 0.25) is 0 Å². The van der Waals surface area contributed by atoms with Crippen LogP contribution in [0, 0.1) is 0 Å². The first-order valence-electron chi connectivity index (χ1n) is 5.44. The molecule has 2 rings (SSSR count). The van der Waals surface area contributed by atoms with E-state index in [9.17, 15) is 0 Å². The lowest BCUT2D eigenvalue weighted by atomic mass is 10.2.